The van der Waals surface area contributed by atoms with Crippen molar-refractivity contribution in [3.05, 3.63) is 0 Å². The SMILES string of the molecule is C[Si](C)(C)[O][Sb]([Cl])[Cl]. The molecule has 0 saturated carbocycles. The Bertz CT molecular complexity index is 72.2. The van der Waals surface area contributed by atoms with E-state index < -0.39 is 26.7 Å². The maximum atomic E-state index is 5.52. The van der Waals surface area contributed by atoms with Crippen molar-refractivity contribution in [2.75, 3.05) is 0 Å². The Morgan fingerprint density at radius 3 is 1.62 bits per heavy atom. The standard InChI is InChI=1S/C3H9OSi.2ClH.Sb/c1-5(2,3)4;;;/h1-3H3;2*1H;/q-1;;;+3/p-2. The van der Waals surface area contributed by atoms with Crippen LogP contribution < -0.4 is 0 Å². The molecule has 0 bridgehead atoms. The van der Waals surface area contributed by atoms with Crippen LogP contribution in [0.1, 0.15) is 0 Å². The van der Waals surface area contributed by atoms with E-state index in [1.54, 1.807) is 0 Å². The van der Waals surface area contributed by atoms with E-state index in [0.29, 0.717) is 0 Å². The Morgan fingerprint density at radius 1 is 1.25 bits per heavy atom. The van der Waals surface area contributed by atoms with Crippen molar-refractivity contribution in [2.45, 2.75) is 19.6 Å². The van der Waals surface area contributed by atoms with Crippen LogP contribution in [0, 0.1) is 0 Å². The summed E-state index contributed by atoms with van der Waals surface area (Å²) in [6.45, 7) is 6.24. The van der Waals surface area contributed by atoms with Crippen molar-refractivity contribution in [2.24, 2.45) is 0 Å². The number of halogens is 2. The van der Waals surface area contributed by atoms with Crippen LogP contribution >= 0.6 is 17.7 Å². The first-order chi connectivity index (χ1) is 3.42. The molecule has 5 heteroatoms. The molecule has 0 heterocycles. The van der Waals surface area contributed by atoms with Gasteiger partial charge in [-0.1, -0.05) is 0 Å². The van der Waals surface area contributed by atoms with E-state index in [9.17, 15) is 0 Å². The van der Waals surface area contributed by atoms with E-state index in [4.69, 9.17) is 20.4 Å². The molecule has 0 aliphatic rings. The quantitative estimate of drug-likeness (QED) is 0.706. The van der Waals surface area contributed by atoms with Gasteiger partial charge in [0, 0.05) is 0 Å². The molecule has 0 fully saturated rings. The molecule has 1 nitrogen and oxygen atoms in total. The first kappa shape index (κ1) is 9.58. The van der Waals surface area contributed by atoms with Crippen LogP contribution in [0.15, 0.2) is 0 Å². The van der Waals surface area contributed by atoms with Gasteiger partial charge < -0.3 is 0 Å². The molecule has 0 aromatic carbocycles. The molecule has 8 heavy (non-hydrogen) atoms. The summed E-state index contributed by atoms with van der Waals surface area (Å²) in [5.74, 6) is 0. The molecule has 0 unspecified atom stereocenters. The van der Waals surface area contributed by atoms with Gasteiger partial charge in [0.25, 0.3) is 0 Å². The summed E-state index contributed by atoms with van der Waals surface area (Å²) in [6, 6.07) is 0. The van der Waals surface area contributed by atoms with E-state index in [1.165, 1.54) is 0 Å². The second-order valence-corrected chi connectivity index (χ2v) is 14.8. The molecular formula is C3H9Cl2OSbSi. The molecular weight excluding hydrogens is 273 g/mol. The molecule has 0 N–H and O–H groups in total. The third-order valence-corrected chi connectivity index (χ3v) is 9.68. The molecule has 0 aromatic rings. The van der Waals surface area contributed by atoms with Crippen molar-refractivity contribution in [3.8, 4) is 0 Å². The summed E-state index contributed by atoms with van der Waals surface area (Å²) in [6.07, 6.45) is 0. The zero-order valence-electron chi connectivity index (χ0n) is 5.11. The summed E-state index contributed by atoms with van der Waals surface area (Å²) >= 11 is -2.15. The van der Waals surface area contributed by atoms with Crippen LogP contribution in [-0.2, 0) is 2.70 Å². The first-order valence-electron chi connectivity index (χ1n) is 2.22. The Morgan fingerprint density at radius 2 is 1.62 bits per heavy atom. The fourth-order valence-corrected chi connectivity index (χ4v) is 12.5. The van der Waals surface area contributed by atoms with Gasteiger partial charge in [-0.05, 0) is 0 Å². The van der Waals surface area contributed by atoms with Gasteiger partial charge in [0.2, 0.25) is 0 Å². The van der Waals surface area contributed by atoms with E-state index in [2.05, 4.69) is 19.6 Å². The molecule has 0 spiro atoms. The fourth-order valence-electron chi connectivity index (χ4n) is 0.207. The van der Waals surface area contributed by atoms with Gasteiger partial charge in [-0.25, -0.2) is 0 Å². The van der Waals surface area contributed by atoms with Gasteiger partial charge in [-0.15, -0.1) is 0 Å². The maximum absolute atomic E-state index is 5.52. The molecule has 0 rings (SSSR count). The minimum absolute atomic E-state index is 1.40. The average molecular weight is 282 g/mol. The van der Waals surface area contributed by atoms with E-state index >= 15 is 0 Å². The van der Waals surface area contributed by atoms with E-state index in [0.717, 1.165) is 0 Å². The van der Waals surface area contributed by atoms with Crippen LogP contribution in [0.4, 0.5) is 0 Å². The Kier molecular flexibility index (Phi) is 4.40. The summed E-state index contributed by atoms with van der Waals surface area (Å²) in [5.41, 5.74) is 0. The monoisotopic (exact) mass is 280 g/mol. The van der Waals surface area contributed by atoms with E-state index in [-0.39, 0.29) is 0 Å². The summed E-state index contributed by atoms with van der Waals surface area (Å²) in [5, 5.41) is 0. The van der Waals surface area contributed by atoms with Crippen molar-refractivity contribution >= 4 is 44.3 Å². The van der Waals surface area contributed by atoms with Crippen LogP contribution in [0.5, 0.6) is 0 Å². The summed E-state index contributed by atoms with van der Waals surface area (Å²) < 4.78 is 5.29. The minimum atomic E-state index is -2.15. The third-order valence-electron chi connectivity index (χ3n) is 0.343. The van der Waals surface area contributed by atoms with E-state index in [1.807, 2.05) is 0 Å². The van der Waals surface area contributed by atoms with Crippen molar-refractivity contribution in [1.29, 1.82) is 0 Å². The molecule has 0 aliphatic heterocycles. The second-order valence-electron chi connectivity index (χ2n) is 2.41. The zero-order valence-corrected chi connectivity index (χ0v) is 10.2. The van der Waals surface area contributed by atoms with Crippen LogP contribution in [0.3, 0.4) is 0 Å². The number of hydrogen-bond donors (Lipinski definition) is 0. The Balaban J connectivity index is 3.39. The normalized spacial score (nSPS) is 12.8. The van der Waals surface area contributed by atoms with Crippen molar-refractivity contribution in [3.63, 3.8) is 0 Å². The first-order valence-corrected chi connectivity index (χ1v) is 13.1. The van der Waals surface area contributed by atoms with Crippen molar-refractivity contribution < 1.29 is 2.70 Å². The Labute approximate surface area is 66.3 Å². The predicted octanol–water partition coefficient (Wildman–Crippen LogP) is 2.30. The van der Waals surface area contributed by atoms with Crippen LogP contribution in [0.25, 0.3) is 0 Å². The molecule has 0 radical (unpaired) electrons. The topological polar surface area (TPSA) is 9.23 Å². The molecule has 50 valence electrons. The fraction of sp³-hybridized carbons (Fsp3) is 1.00. The summed E-state index contributed by atoms with van der Waals surface area (Å²) in [4.78, 5) is 0. The van der Waals surface area contributed by atoms with Crippen LogP contribution in [-0.4, -0.2) is 26.7 Å². The van der Waals surface area contributed by atoms with Gasteiger partial charge in [0.05, 0.1) is 0 Å². The summed E-state index contributed by atoms with van der Waals surface area (Å²) in [7, 11) is 9.64. The molecule has 0 amide bonds. The van der Waals surface area contributed by atoms with Gasteiger partial charge in [-0.2, -0.15) is 0 Å². The molecule has 0 atom stereocenters. The number of hydrogen-bond acceptors (Lipinski definition) is 1. The van der Waals surface area contributed by atoms with Gasteiger partial charge in [0.15, 0.2) is 0 Å². The average Bonchev–Trinajstić information content (AvgIpc) is 1.21. The van der Waals surface area contributed by atoms with Gasteiger partial charge >= 0.3 is 66.7 Å². The number of rotatable bonds is 2. The van der Waals surface area contributed by atoms with Crippen molar-refractivity contribution in [1.82, 2.24) is 0 Å². The molecule has 0 aliphatic carbocycles. The predicted molar refractivity (Wildman–Crippen MR) is 41.9 cm³/mol. The third kappa shape index (κ3) is 7.58. The molecule has 0 saturated heterocycles. The Hall–Kier alpha value is 1.58. The second kappa shape index (κ2) is 3.67. The van der Waals surface area contributed by atoms with Gasteiger partial charge in [0.1, 0.15) is 0 Å². The molecule has 0 aromatic heterocycles. The zero-order chi connectivity index (χ0) is 6.78. The van der Waals surface area contributed by atoms with Crippen LogP contribution in [0.2, 0.25) is 19.6 Å². The van der Waals surface area contributed by atoms with Gasteiger partial charge in [-0.3, -0.25) is 0 Å².